The standard InChI is InChI=1S/C10H15N3S/c1-3-5-6-9(11-7-4-2)10-8-14-13-12-10/h1,8-9,11H,4-7H2,2H3. The lowest BCUT2D eigenvalue weighted by Gasteiger charge is -2.14. The Morgan fingerprint density at radius 1 is 1.71 bits per heavy atom. The van der Waals surface area contributed by atoms with Crippen LogP contribution in [0.25, 0.3) is 0 Å². The molecule has 1 atom stereocenters. The molecule has 1 aromatic rings. The van der Waals surface area contributed by atoms with Gasteiger partial charge in [-0.05, 0) is 30.9 Å². The molecule has 0 fully saturated rings. The Labute approximate surface area is 89.1 Å². The fraction of sp³-hybridized carbons (Fsp3) is 0.600. The van der Waals surface area contributed by atoms with Gasteiger partial charge in [0.15, 0.2) is 0 Å². The monoisotopic (exact) mass is 209 g/mol. The molecule has 1 rings (SSSR count). The predicted octanol–water partition coefficient (Wildman–Crippen LogP) is 1.99. The van der Waals surface area contributed by atoms with E-state index >= 15 is 0 Å². The molecule has 14 heavy (non-hydrogen) atoms. The van der Waals surface area contributed by atoms with Crippen molar-refractivity contribution in [1.82, 2.24) is 14.9 Å². The Hall–Kier alpha value is -0.920. The molecule has 1 unspecified atom stereocenters. The Morgan fingerprint density at radius 2 is 2.57 bits per heavy atom. The van der Waals surface area contributed by atoms with Crippen LogP contribution in [0.15, 0.2) is 5.38 Å². The maximum atomic E-state index is 5.25. The lowest BCUT2D eigenvalue weighted by Crippen LogP contribution is -2.22. The van der Waals surface area contributed by atoms with E-state index in [1.165, 1.54) is 11.5 Å². The summed E-state index contributed by atoms with van der Waals surface area (Å²) >= 11 is 1.38. The molecule has 0 aliphatic rings. The Kier molecular flexibility index (Phi) is 5.20. The summed E-state index contributed by atoms with van der Waals surface area (Å²) in [7, 11) is 0. The third kappa shape index (κ3) is 3.44. The lowest BCUT2D eigenvalue weighted by atomic mass is 10.1. The van der Waals surface area contributed by atoms with Crippen molar-refractivity contribution in [1.29, 1.82) is 0 Å². The molecule has 0 saturated carbocycles. The minimum Gasteiger partial charge on any atom is -0.309 e. The van der Waals surface area contributed by atoms with Gasteiger partial charge in [-0.1, -0.05) is 11.4 Å². The molecule has 76 valence electrons. The molecule has 1 N–H and O–H groups in total. The van der Waals surface area contributed by atoms with Crippen molar-refractivity contribution in [2.45, 2.75) is 32.2 Å². The zero-order chi connectivity index (χ0) is 10.2. The SMILES string of the molecule is C#CCCC(NCCC)c1csnn1. The number of terminal acetylenes is 1. The number of aromatic nitrogens is 2. The largest absolute Gasteiger partial charge is 0.309 e. The van der Waals surface area contributed by atoms with Gasteiger partial charge in [0.25, 0.3) is 0 Å². The van der Waals surface area contributed by atoms with Crippen molar-refractivity contribution < 1.29 is 0 Å². The topological polar surface area (TPSA) is 37.8 Å². The summed E-state index contributed by atoms with van der Waals surface area (Å²) in [5.74, 6) is 2.65. The average Bonchev–Trinajstić information content (AvgIpc) is 2.71. The molecular weight excluding hydrogens is 194 g/mol. The van der Waals surface area contributed by atoms with Crippen LogP contribution in [0.4, 0.5) is 0 Å². The summed E-state index contributed by atoms with van der Waals surface area (Å²) in [5.41, 5.74) is 1.01. The van der Waals surface area contributed by atoms with E-state index in [1.54, 1.807) is 0 Å². The molecule has 0 aliphatic carbocycles. The van der Waals surface area contributed by atoms with Gasteiger partial charge in [-0.15, -0.1) is 17.4 Å². The van der Waals surface area contributed by atoms with E-state index < -0.39 is 0 Å². The van der Waals surface area contributed by atoms with Crippen LogP contribution in [-0.2, 0) is 0 Å². The first-order chi connectivity index (χ1) is 6.88. The van der Waals surface area contributed by atoms with Crippen molar-refractivity contribution in [3.63, 3.8) is 0 Å². The number of hydrogen-bond acceptors (Lipinski definition) is 4. The summed E-state index contributed by atoms with van der Waals surface area (Å²) in [4.78, 5) is 0. The maximum absolute atomic E-state index is 5.25. The molecule has 0 aromatic carbocycles. The molecule has 0 radical (unpaired) electrons. The van der Waals surface area contributed by atoms with Crippen molar-refractivity contribution >= 4 is 11.5 Å². The second-order valence-electron chi connectivity index (χ2n) is 3.08. The van der Waals surface area contributed by atoms with E-state index in [4.69, 9.17) is 6.42 Å². The Bertz CT molecular complexity index is 276. The van der Waals surface area contributed by atoms with Crippen LogP contribution in [-0.4, -0.2) is 16.1 Å². The van der Waals surface area contributed by atoms with E-state index in [0.717, 1.165) is 31.5 Å². The van der Waals surface area contributed by atoms with Crippen molar-refractivity contribution in [3.05, 3.63) is 11.1 Å². The quantitative estimate of drug-likeness (QED) is 0.728. The Balaban J connectivity index is 2.49. The molecule has 1 aromatic heterocycles. The average molecular weight is 209 g/mol. The van der Waals surface area contributed by atoms with E-state index in [0.29, 0.717) is 0 Å². The fourth-order valence-electron chi connectivity index (χ4n) is 1.22. The maximum Gasteiger partial charge on any atom is 0.0925 e. The second-order valence-corrected chi connectivity index (χ2v) is 3.69. The first-order valence-electron chi connectivity index (χ1n) is 4.82. The summed E-state index contributed by atoms with van der Waals surface area (Å²) in [5, 5.41) is 9.45. The third-order valence-corrected chi connectivity index (χ3v) is 2.47. The highest BCUT2D eigenvalue weighted by Crippen LogP contribution is 2.16. The van der Waals surface area contributed by atoms with Crippen LogP contribution in [0.5, 0.6) is 0 Å². The summed E-state index contributed by atoms with van der Waals surface area (Å²) in [6.45, 7) is 3.14. The first-order valence-corrected chi connectivity index (χ1v) is 5.66. The first kappa shape index (κ1) is 11.2. The van der Waals surface area contributed by atoms with E-state index in [1.807, 2.05) is 5.38 Å². The number of rotatable bonds is 6. The van der Waals surface area contributed by atoms with Crippen LogP contribution in [0, 0.1) is 12.3 Å². The molecule has 4 heteroatoms. The van der Waals surface area contributed by atoms with Crippen molar-refractivity contribution in [2.75, 3.05) is 6.54 Å². The van der Waals surface area contributed by atoms with Crippen molar-refractivity contribution in [3.8, 4) is 12.3 Å². The lowest BCUT2D eigenvalue weighted by molar-refractivity contribution is 0.494. The van der Waals surface area contributed by atoms with Crippen LogP contribution in [0.3, 0.4) is 0 Å². The number of nitrogens with zero attached hydrogens (tertiary/aromatic N) is 2. The van der Waals surface area contributed by atoms with Gasteiger partial charge in [0.2, 0.25) is 0 Å². The highest BCUT2D eigenvalue weighted by molar-refractivity contribution is 7.03. The van der Waals surface area contributed by atoms with E-state index in [9.17, 15) is 0 Å². The van der Waals surface area contributed by atoms with Crippen LogP contribution in [0.2, 0.25) is 0 Å². The predicted molar refractivity (Wildman–Crippen MR) is 59.0 cm³/mol. The van der Waals surface area contributed by atoms with Gasteiger partial charge in [-0.25, -0.2) is 0 Å². The van der Waals surface area contributed by atoms with Crippen molar-refractivity contribution in [2.24, 2.45) is 0 Å². The van der Waals surface area contributed by atoms with Crippen LogP contribution < -0.4 is 5.32 Å². The highest BCUT2D eigenvalue weighted by atomic mass is 32.1. The van der Waals surface area contributed by atoms with Gasteiger partial charge in [0.1, 0.15) is 0 Å². The minimum atomic E-state index is 0.268. The summed E-state index contributed by atoms with van der Waals surface area (Å²) in [6.07, 6.45) is 8.07. The molecule has 0 spiro atoms. The third-order valence-electron chi connectivity index (χ3n) is 1.95. The summed E-state index contributed by atoms with van der Waals surface area (Å²) < 4.78 is 3.86. The smallest absolute Gasteiger partial charge is 0.0925 e. The molecule has 1 heterocycles. The van der Waals surface area contributed by atoms with E-state index in [2.05, 4.69) is 27.7 Å². The molecule has 0 aliphatic heterocycles. The van der Waals surface area contributed by atoms with Gasteiger partial charge >= 0.3 is 0 Å². The molecule has 0 bridgehead atoms. The zero-order valence-electron chi connectivity index (χ0n) is 8.36. The highest BCUT2D eigenvalue weighted by Gasteiger charge is 2.12. The van der Waals surface area contributed by atoms with Gasteiger partial charge in [-0.3, -0.25) is 0 Å². The zero-order valence-corrected chi connectivity index (χ0v) is 9.18. The number of nitrogens with one attached hydrogen (secondary N) is 1. The number of hydrogen-bond donors (Lipinski definition) is 1. The molecular formula is C10H15N3S. The van der Waals surface area contributed by atoms with E-state index in [-0.39, 0.29) is 6.04 Å². The minimum absolute atomic E-state index is 0.268. The van der Waals surface area contributed by atoms with Gasteiger partial charge in [-0.2, -0.15) is 0 Å². The normalized spacial score (nSPS) is 12.3. The van der Waals surface area contributed by atoms with Gasteiger partial charge in [0.05, 0.1) is 11.7 Å². The van der Waals surface area contributed by atoms with Crippen LogP contribution in [0.1, 0.15) is 37.9 Å². The Morgan fingerprint density at radius 3 is 3.14 bits per heavy atom. The van der Waals surface area contributed by atoms with Crippen LogP contribution >= 0.6 is 11.5 Å². The van der Waals surface area contributed by atoms with Gasteiger partial charge < -0.3 is 5.32 Å². The molecule has 3 nitrogen and oxygen atoms in total. The fourth-order valence-corrected chi connectivity index (χ4v) is 1.73. The molecule has 0 saturated heterocycles. The second kappa shape index (κ2) is 6.52. The molecule has 0 amide bonds. The summed E-state index contributed by atoms with van der Waals surface area (Å²) in [6, 6.07) is 0.268. The van der Waals surface area contributed by atoms with Gasteiger partial charge in [0, 0.05) is 11.8 Å².